The summed E-state index contributed by atoms with van der Waals surface area (Å²) in [7, 11) is 0. The van der Waals surface area contributed by atoms with Crippen LogP contribution in [-0.2, 0) is 0 Å². The maximum absolute atomic E-state index is 5.30. The van der Waals surface area contributed by atoms with Gasteiger partial charge in [0, 0.05) is 53.2 Å². The molecule has 0 radical (unpaired) electrons. The van der Waals surface area contributed by atoms with Gasteiger partial charge in [-0.05, 0) is 52.9 Å². The molecule has 0 aliphatic rings. The predicted octanol–water partition coefficient (Wildman–Crippen LogP) is 12.9. The zero-order chi connectivity index (χ0) is 33.7. The van der Waals surface area contributed by atoms with Crippen molar-refractivity contribution in [2.75, 3.05) is 0 Å². The zero-order valence-corrected chi connectivity index (χ0v) is 28.3. The fraction of sp³-hybridized carbons (Fsp3) is 0. The molecule has 3 heterocycles. The number of para-hydroxylation sites is 1. The van der Waals surface area contributed by atoms with Gasteiger partial charge in [0.1, 0.15) is 0 Å². The van der Waals surface area contributed by atoms with Crippen molar-refractivity contribution in [3.63, 3.8) is 0 Å². The van der Waals surface area contributed by atoms with Crippen molar-refractivity contribution in [2.45, 2.75) is 0 Å². The van der Waals surface area contributed by atoms with E-state index < -0.39 is 0 Å². The number of rotatable bonds is 5. The van der Waals surface area contributed by atoms with Crippen molar-refractivity contribution < 1.29 is 0 Å². The van der Waals surface area contributed by atoms with E-state index in [1.54, 1.807) is 0 Å². The Hall–Kier alpha value is -6.49. The van der Waals surface area contributed by atoms with Crippen molar-refractivity contribution >= 4 is 53.2 Å². The molecule has 0 saturated heterocycles. The van der Waals surface area contributed by atoms with Crippen LogP contribution in [0.1, 0.15) is 0 Å². The van der Waals surface area contributed by atoms with E-state index in [0.29, 0.717) is 5.82 Å². The lowest BCUT2D eigenvalue weighted by atomic mass is 9.97. The van der Waals surface area contributed by atoms with Gasteiger partial charge < -0.3 is 0 Å². The summed E-state index contributed by atoms with van der Waals surface area (Å²) in [5, 5.41) is 6.09. The van der Waals surface area contributed by atoms with Crippen molar-refractivity contribution in [3.05, 3.63) is 176 Å². The average Bonchev–Trinajstić information content (AvgIpc) is 3.58. The molecule has 10 aromatic rings. The van der Waals surface area contributed by atoms with Gasteiger partial charge in [0.25, 0.3) is 0 Å². The first-order valence-electron chi connectivity index (χ1n) is 17.1. The molecule has 0 saturated carbocycles. The largest absolute Gasteiger partial charge is 0.247 e. The fourth-order valence-electron chi connectivity index (χ4n) is 7.14. The SMILES string of the molecule is c1ccc(-c2ccc(-c3cc(-c4ccccc4)nc(-c4cccc(-c5nc6ccccc6c6cc7c(cc56)sc5ccccc57)c4)n3)cc2)cc1. The first kappa shape index (κ1) is 29.4. The molecule has 0 spiro atoms. The van der Waals surface area contributed by atoms with E-state index in [1.165, 1.54) is 36.7 Å². The Balaban J connectivity index is 1.14. The van der Waals surface area contributed by atoms with E-state index in [9.17, 15) is 0 Å². The third kappa shape index (κ3) is 5.25. The van der Waals surface area contributed by atoms with Crippen LogP contribution in [0.4, 0.5) is 0 Å². The molecule has 238 valence electrons. The predicted molar refractivity (Wildman–Crippen MR) is 215 cm³/mol. The molecule has 0 amide bonds. The van der Waals surface area contributed by atoms with Crippen LogP contribution in [0.5, 0.6) is 0 Å². The molecule has 7 aromatic carbocycles. The van der Waals surface area contributed by atoms with Crippen LogP contribution in [0.2, 0.25) is 0 Å². The van der Waals surface area contributed by atoms with Crippen LogP contribution >= 0.6 is 11.3 Å². The maximum atomic E-state index is 5.30. The number of nitrogens with zero attached hydrogens (tertiary/aromatic N) is 3. The molecule has 3 aromatic heterocycles. The second-order valence-electron chi connectivity index (χ2n) is 12.8. The highest BCUT2D eigenvalue weighted by molar-refractivity contribution is 7.25. The minimum Gasteiger partial charge on any atom is -0.247 e. The van der Waals surface area contributed by atoms with E-state index >= 15 is 0 Å². The highest BCUT2D eigenvalue weighted by atomic mass is 32.1. The number of hydrogen-bond acceptors (Lipinski definition) is 4. The second-order valence-corrected chi connectivity index (χ2v) is 13.9. The average molecular weight is 668 g/mol. The highest BCUT2D eigenvalue weighted by Crippen LogP contribution is 2.41. The van der Waals surface area contributed by atoms with E-state index in [1.807, 2.05) is 23.5 Å². The molecule has 10 rings (SSSR count). The Morgan fingerprint density at radius 2 is 0.902 bits per heavy atom. The summed E-state index contributed by atoms with van der Waals surface area (Å²) >= 11 is 1.84. The minimum atomic E-state index is 0.678. The quantitative estimate of drug-likeness (QED) is 0.171. The molecule has 0 N–H and O–H groups in total. The lowest BCUT2D eigenvalue weighted by Gasteiger charge is -2.13. The number of aromatic nitrogens is 3. The fourth-order valence-corrected chi connectivity index (χ4v) is 8.27. The van der Waals surface area contributed by atoms with Crippen molar-refractivity contribution in [2.24, 2.45) is 0 Å². The van der Waals surface area contributed by atoms with E-state index in [4.69, 9.17) is 15.0 Å². The lowest BCUT2D eigenvalue weighted by Crippen LogP contribution is -1.96. The number of fused-ring (bicyclic) bond motifs is 6. The summed E-state index contributed by atoms with van der Waals surface area (Å²) in [6, 6.07) is 61.9. The summed E-state index contributed by atoms with van der Waals surface area (Å²) in [5.41, 5.74) is 10.1. The Morgan fingerprint density at radius 1 is 0.314 bits per heavy atom. The van der Waals surface area contributed by atoms with Gasteiger partial charge in [0.15, 0.2) is 5.82 Å². The molecule has 0 aliphatic heterocycles. The van der Waals surface area contributed by atoms with Crippen molar-refractivity contribution in [3.8, 4) is 56.3 Å². The van der Waals surface area contributed by atoms with E-state index in [2.05, 4.69) is 164 Å². The molecule has 0 fully saturated rings. The van der Waals surface area contributed by atoms with Crippen LogP contribution in [0, 0.1) is 0 Å². The summed E-state index contributed by atoms with van der Waals surface area (Å²) in [6.07, 6.45) is 0. The van der Waals surface area contributed by atoms with Crippen molar-refractivity contribution in [1.82, 2.24) is 15.0 Å². The van der Waals surface area contributed by atoms with Gasteiger partial charge in [0.2, 0.25) is 0 Å². The maximum Gasteiger partial charge on any atom is 0.160 e. The molecule has 0 unspecified atom stereocenters. The molecule has 4 heteroatoms. The molecular formula is C47H29N3S. The smallest absolute Gasteiger partial charge is 0.160 e. The van der Waals surface area contributed by atoms with Gasteiger partial charge in [-0.3, -0.25) is 0 Å². The van der Waals surface area contributed by atoms with Crippen LogP contribution < -0.4 is 0 Å². The minimum absolute atomic E-state index is 0.678. The molecular weight excluding hydrogens is 639 g/mol. The Kier molecular flexibility index (Phi) is 7.00. The summed E-state index contributed by atoms with van der Waals surface area (Å²) < 4.78 is 2.56. The monoisotopic (exact) mass is 667 g/mol. The van der Waals surface area contributed by atoms with Crippen LogP contribution in [0.3, 0.4) is 0 Å². The first-order chi connectivity index (χ1) is 25.2. The number of benzene rings is 7. The molecule has 3 nitrogen and oxygen atoms in total. The molecule has 0 atom stereocenters. The number of pyridine rings is 1. The van der Waals surface area contributed by atoms with E-state index in [-0.39, 0.29) is 0 Å². The van der Waals surface area contributed by atoms with Crippen LogP contribution in [-0.4, -0.2) is 15.0 Å². The summed E-state index contributed by atoms with van der Waals surface area (Å²) in [4.78, 5) is 15.6. The lowest BCUT2D eigenvalue weighted by molar-refractivity contribution is 1.18. The highest BCUT2D eigenvalue weighted by Gasteiger charge is 2.16. The van der Waals surface area contributed by atoms with Gasteiger partial charge >= 0.3 is 0 Å². The second kappa shape index (κ2) is 12.1. The topological polar surface area (TPSA) is 38.7 Å². The first-order valence-corrected chi connectivity index (χ1v) is 17.9. The van der Waals surface area contributed by atoms with Gasteiger partial charge in [-0.1, -0.05) is 140 Å². The van der Waals surface area contributed by atoms with Gasteiger partial charge in [-0.25, -0.2) is 15.0 Å². The Morgan fingerprint density at radius 3 is 1.69 bits per heavy atom. The Bertz CT molecular complexity index is 2900. The Labute approximate surface area is 299 Å². The molecule has 0 aliphatic carbocycles. The summed E-state index contributed by atoms with van der Waals surface area (Å²) in [6.45, 7) is 0. The van der Waals surface area contributed by atoms with Gasteiger partial charge in [-0.15, -0.1) is 11.3 Å². The normalized spacial score (nSPS) is 11.5. The van der Waals surface area contributed by atoms with Crippen molar-refractivity contribution in [1.29, 1.82) is 0 Å². The van der Waals surface area contributed by atoms with Crippen LogP contribution in [0.15, 0.2) is 176 Å². The molecule has 0 bridgehead atoms. The third-order valence-corrected chi connectivity index (χ3v) is 10.8. The van der Waals surface area contributed by atoms with Gasteiger partial charge in [0.05, 0.1) is 22.6 Å². The van der Waals surface area contributed by atoms with Gasteiger partial charge in [-0.2, -0.15) is 0 Å². The number of thiophene rings is 1. The van der Waals surface area contributed by atoms with Crippen LogP contribution in [0.25, 0.3) is 98.1 Å². The summed E-state index contributed by atoms with van der Waals surface area (Å²) in [5.74, 6) is 0.678. The standard InChI is InChI=1S/C47H29N3S/c1-3-12-30(13-4-1)31-22-24-33(25-23-31)43-29-42(32-14-5-2-6-15-32)49-47(50-43)35-17-11-16-34(26-35)46-40-28-45-39(37-19-8-10-21-44(37)51-45)27-38(40)36-18-7-9-20-41(36)48-46/h1-29H. The number of hydrogen-bond donors (Lipinski definition) is 0. The van der Waals surface area contributed by atoms with E-state index in [0.717, 1.165) is 55.6 Å². The zero-order valence-electron chi connectivity index (χ0n) is 27.5. The molecule has 51 heavy (non-hydrogen) atoms. The third-order valence-electron chi connectivity index (χ3n) is 9.68.